The molecule has 0 spiro atoms. The van der Waals surface area contributed by atoms with Crippen LogP contribution in [-0.2, 0) is 15.7 Å². The lowest BCUT2D eigenvalue weighted by Crippen LogP contribution is -2.39. The molecule has 0 unspecified atom stereocenters. The Morgan fingerprint density at radius 1 is 0.864 bits per heavy atom. The zero-order valence-corrected chi connectivity index (χ0v) is 13.2. The minimum Gasteiger partial charge on any atom is -0.324 e. The molecule has 0 radical (unpaired) electrons. The summed E-state index contributed by atoms with van der Waals surface area (Å²) >= 11 is 0. The zero-order valence-electron chi connectivity index (χ0n) is 11.4. The normalized spacial score (nSPS) is 12.6. The van der Waals surface area contributed by atoms with E-state index < -0.39 is 27.1 Å². The van der Waals surface area contributed by atoms with Crippen LogP contribution in [0.15, 0.2) is 54.9 Å². The topological polar surface area (TPSA) is 119 Å². The fourth-order valence-corrected chi connectivity index (χ4v) is 4.40. The van der Waals surface area contributed by atoms with Crippen molar-refractivity contribution in [3.05, 3.63) is 54.9 Å². The van der Waals surface area contributed by atoms with Crippen molar-refractivity contribution < 1.29 is 33.3 Å². The van der Waals surface area contributed by atoms with E-state index in [0.717, 1.165) is 11.1 Å². The number of benzene rings is 1. The monoisotopic (exact) mass is 344 g/mol. The van der Waals surface area contributed by atoms with Crippen LogP contribution in [0.1, 0.15) is 0 Å². The molecule has 0 saturated carbocycles. The van der Waals surface area contributed by atoms with E-state index in [-0.39, 0.29) is 0 Å². The molecule has 2 rings (SSSR count). The van der Waals surface area contributed by atoms with Crippen LogP contribution in [0.3, 0.4) is 0 Å². The maximum Gasteiger partial charge on any atom is 0.347 e. The molecule has 0 aliphatic carbocycles. The van der Waals surface area contributed by atoms with Gasteiger partial charge in [-0.3, -0.25) is 9.13 Å². The van der Waals surface area contributed by atoms with E-state index >= 15 is 0 Å². The first-order valence-corrected chi connectivity index (χ1v) is 9.69. The third-order valence-electron chi connectivity index (χ3n) is 3.12. The Balaban J connectivity index is 2.34. The summed E-state index contributed by atoms with van der Waals surface area (Å²) in [5.74, 6) is 0. The van der Waals surface area contributed by atoms with Crippen molar-refractivity contribution in [2.45, 2.75) is 11.9 Å². The first-order chi connectivity index (χ1) is 10.2. The van der Waals surface area contributed by atoms with E-state index in [1.54, 1.807) is 18.3 Å². The number of aromatic nitrogens is 1. The number of hydrogen-bond donors (Lipinski definition) is 4. The second-order valence-corrected chi connectivity index (χ2v) is 8.82. The number of pyridine rings is 1. The van der Waals surface area contributed by atoms with Gasteiger partial charge in [-0.1, -0.05) is 30.3 Å². The second-order valence-electron chi connectivity index (χ2n) is 4.81. The summed E-state index contributed by atoms with van der Waals surface area (Å²) in [6, 6.07) is 12.7. The molecule has 7 nitrogen and oxygen atoms in total. The molecule has 0 bridgehead atoms. The van der Waals surface area contributed by atoms with Crippen molar-refractivity contribution in [3.8, 4) is 11.1 Å². The Hall–Kier alpha value is -1.33. The molecule has 1 aromatic heterocycles. The molecule has 22 heavy (non-hydrogen) atoms. The van der Waals surface area contributed by atoms with Gasteiger partial charge in [0.05, 0.1) is 0 Å². The molecule has 0 amide bonds. The van der Waals surface area contributed by atoms with Crippen LogP contribution in [-0.4, -0.2) is 25.0 Å². The SMILES string of the molecule is O=P(O)(O)C(C[n+]1cccc(-c2ccccc2)c1)P(=O)(O)O. The molecular formula is C13H16NO6P2+. The lowest BCUT2D eigenvalue weighted by Gasteiger charge is -2.16. The highest BCUT2D eigenvalue weighted by Gasteiger charge is 2.46. The Morgan fingerprint density at radius 3 is 1.95 bits per heavy atom. The highest BCUT2D eigenvalue weighted by Crippen LogP contribution is 2.59. The minimum atomic E-state index is -4.93. The molecule has 4 N–H and O–H groups in total. The first kappa shape index (κ1) is 17.0. The summed E-state index contributed by atoms with van der Waals surface area (Å²) < 4.78 is 24.0. The molecule has 9 heteroatoms. The molecule has 1 aromatic carbocycles. The van der Waals surface area contributed by atoms with Crippen LogP contribution in [0.25, 0.3) is 11.1 Å². The average Bonchev–Trinajstić information content (AvgIpc) is 2.44. The van der Waals surface area contributed by atoms with Gasteiger partial charge in [0.1, 0.15) is 0 Å². The van der Waals surface area contributed by atoms with E-state index in [4.69, 9.17) is 19.6 Å². The lowest BCUT2D eigenvalue weighted by molar-refractivity contribution is -0.694. The minimum absolute atomic E-state index is 0.477. The van der Waals surface area contributed by atoms with E-state index in [1.165, 1.54) is 10.8 Å². The Bertz CT molecular complexity index is 717. The van der Waals surface area contributed by atoms with Gasteiger partial charge in [-0.25, -0.2) is 4.57 Å². The Morgan fingerprint density at radius 2 is 1.41 bits per heavy atom. The molecule has 0 fully saturated rings. The van der Waals surface area contributed by atoms with E-state index in [0.29, 0.717) is 0 Å². The van der Waals surface area contributed by atoms with Crippen LogP contribution < -0.4 is 4.57 Å². The van der Waals surface area contributed by atoms with Crippen LogP contribution >= 0.6 is 15.2 Å². The smallest absolute Gasteiger partial charge is 0.324 e. The number of rotatable bonds is 5. The van der Waals surface area contributed by atoms with Crippen molar-refractivity contribution in [1.29, 1.82) is 0 Å². The van der Waals surface area contributed by atoms with Gasteiger partial charge in [-0.15, -0.1) is 0 Å². The highest BCUT2D eigenvalue weighted by molar-refractivity contribution is 7.70. The van der Waals surface area contributed by atoms with Crippen LogP contribution in [0.5, 0.6) is 0 Å². The van der Waals surface area contributed by atoms with Crippen molar-refractivity contribution in [3.63, 3.8) is 0 Å². The largest absolute Gasteiger partial charge is 0.347 e. The van der Waals surface area contributed by atoms with Gasteiger partial charge in [-0.05, 0) is 11.6 Å². The predicted octanol–water partition coefficient (Wildman–Crippen LogP) is 1.32. The zero-order chi connectivity index (χ0) is 16.4. The number of nitrogens with zero attached hydrogens (tertiary/aromatic N) is 1. The molecule has 0 aliphatic heterocycles. The van der Waals surface area contributed by atoms with Crippen LogP contribution in [0, 0.1) is 0 Å². The van der Waals surface area contributed by atoms with Crippen LogP contribution in [0.4, 0.5) is 0 Å². The summed E-state index contributed by atoms with van der Waals surface area (Å²) in [6.07, 6.45) is 3.10. The van der Waals surface area contributed by atoms with Gasteiger partial charge in [-0.2, -0.15) is 0 Å². The summed E-state index contributed by atoms with van der Waals surface area (Å²) in [6.45, 7) is -0.477. The van der Waals surface area contributed by atoms with E-state index in [9.17, 15) is 9.13 Å². The molecule has 0 atom stereocenters. The van der Waals surface area contributed by atoms with Crippen molar-refractivity contribution >= 4 is 15.2 Å². The van der Waals surface area contributed by atoms with E-state index in [2.05, 4.69) is 0 Å². The Labute approximate surface area is 127 Å². The van der Waals surface area contributed by atoms with Gasteiger partial charge in [0.25, 0.3) is 0 Å². The lowest BCUT2D eigenvalue weighted by atomic mass is 10.1. The molecule has 0 saturated heterocycles. The molecule has 1 heterocycles. The van der Waals surface area contributed by atoms with E-state index in [1.807, 2.05) is 30.3 Å². The van der Waals surface area contributed by atoms with Crippen molar-refractivity contribution in [2.75, 3.05) is 0 Å². The maximum atomic E-state index is 11.3. The van der Waals surface area contributed by atoms with Gasteiger partial charge in [0.15, 0.2) is 18.9 Å². The molecular weight excluding hydrogens is 328 g/mol. The summed E-state index contributed by atoms with van der Waals surface area (Å²) in [7, 11) is -9.87. The number of hydrogen-bond acceptors (Lipinski definition) is 2. The van der Waals surface area contributed by atoms with Crippen LogP contribution in [0.2, 0.25) is 0 Å². The third-order valence-corrected chi connectivity index (χ3v) is 6.80. The maximum absolute atomic E-state index is 11.3. The standard InChI is InChI=1S/C13H15NO6P2/c15-21(16,17)13(22(18,19)20)10-14-8-4-7-12(9-14)11-5-2-1-3-6-11/h1-9,13H,10H2,(H3-,15,16,17,18,19,20)/p+1. The fourth-order valence-electron chi connectivity index (χ4n) is 2.03. The third kappa shape index (κ3) is 4.34. The Kier molecular flexibility index (Phi) is 4.97. The first-order valence-electron chi connectivity index (χ1n) is 6.33. The van der Waals surface area contributed by atoms with Gasteiger partial charge >= 0.3 is 15.2 Å². The molecule has 2 aromatic rings. The van der Waals surface area contributed by atoms with Crippen molar-refractivity contribution in [2.24, 2.45) is 0 Å². The average molecular weight is 344 g/mol. The van der Waals surface area contributed by atoms with Gasteiger partial charge in [0, 0.05) is 11.6 Å². The molecule has 0 aliphatic rings. The second kappa shape index (κ2) is 6.42. The predicted molar refractivity (Wildman–Crippen MR) is 79.9 cm³/mol. The fraction of sp³-hybridized carbons (Fsp3) is 0.154. The van der Waals surface area contributed by atoms with Crippen molar-refractivity contribution in [1.82, 2.24) is 0 Å². The summed E-state index contributed by atoms with van der Waals surface area (Å²) in [5, 5.41) is -2.06. The van der Waals surface area contributed by atoms with Gasteiger partial charge < -0.3 is 19.6 Å². The highest BCUT2D eigenvalue weighted by atomic mass is 31.2. The van der Waals surface area contributed by atoms with Gasteiger partial charge in [0.2, 0.25) is 5.40 Å². The quantitative estimate of drug-likeness (QED) is 0.480. The molecule has 118 valence electrons. The summed E-state index contributed by atoms with van der Waals surface area (Å²) in [5.41, 5.74) is 1.67. The summed E-state index contributed by atoms with van der Waals surface area (Å²) in [4.78, 5) is 36.7.